The number of halogens is 1. The van der Waals surface area contributed by atoms with Gasteiger partial charge in [-0.2, -0.15) is 4.68 Å². The average Bonchev–Trinajstić information content (AvgIpc) is 3.23. The van der Waals surface area contributed by atoms with Gasteiger partial charge in [-0.15, -0.1) is 5.10 Å². The summed E-state index contributed by atoms with van der Waals surface area (Å²) < 4.78 is 1.65. The van der Waals surface area contributed by atoms with Crippen LogP contribution in [0.25, 0.3) is 16.8 Å². The first-order valence-electron chi connectivity index (χ1n) is 8.83. The first-order valence-corrected chi connectivity index (χ1v) is 10.2. The number of anilines is 1. The monoisotopic (exact) mass is 421 g/mol. The van der Waals surface area contributed by atoms with Crippen LogP contribution < -0.4 is 5.32 Å². The standard InChI is InChI=1S/C21H16ClN5OS/c22-17-11-5-6-12-18(17)23-20(28)14-29-21-24-25-26-27(21)19-13-7-4-10-16(19)15-8-2-1-3-9-15/h1-13H,14H2,(H,23,28). The number of carbonyl (C=O) groups excluding carboxylic acids is 1. The summed E-state index contributed by atoms with van der Waals surface area (Å²) in [6.07, 6.45) is 0. The van der Waals surface area contributed by atoms with Gasteiger partial charge in [0.1, 0.15) is 0 Å². The van der Waals surface area contributed by atoms with Gasteiger partial charge in [0.2, 0.25) is 11.1 Å². The van der Waals surface area contributed by atoms with Crippen LogP contribution in [0.2, 0.25) is 5.02 Å². The van der Waals surface area contributed by atoms with Gasteiger partial charge in [-0.1, -0.05) is 84.0 Å². The second-order valence-corrected chi connectivity index (χ2v) is 7.42. The van der Waals surface area contributed by atoms with Gasteiger partial charge in [0.05, 0.1) is 22.2 Å². The lowest BCUT2D eigenvalue weighted by Crippen LogP contribution is -2.15. The summed E-state index contributed by atoms with van der Waals surface area (Å²) in [6.45, 7) is 0. The first-order chi connectivity index (χ1) is 14.2. The normalized spacial score (nSPS) is 10.7. The molecular formula is C21H16ClN5OS. The van der Waals surface area contributed by atoms with Crippen molar-refractivity contribution in [2.75, 3.05) is 11.1 Å². The number of hydrogen-bond acceptors (Lipinski definition) is 5. The van der Waals surface area contributed by atoms with E-state index in [4.69, 9.17) is 11.6 Å². The van der Waals surface area contributed by atoms with E-state index >= 15 is 0 Å². The molecule has 0 atom stereocenters. The number of aromatic nitrogens is 4. The average molecular weight is 422 g/mol. The maximum atomic E-state index is 12.3. The van der Waals surface area contributed by atoms with Crippen molar-refractivity contribution in [3.05, 3.63) is 83.9 Å². The van der Waals surface area contributed by atoms with Crippen LogP contribution in [-0.2, 0) is 4.79 Å². The van der Waals surface area contributed by atoms with Gasteiger partial charge in [0, 0.05) is 5.56 Å². The highest BCUT2D eigenvalue weighted by atomic mass is 35.5. The van der Waals surface area contributed by atoms with Gasteiger partial charge >= 0.3 is 0 Å². The Morgan fingerprint density at radius 1 is 0.966 bits per heavy atom. The number of benzene rings is 3. The second-order valence-electron chi connectivity index (χ2n) is 6.07. The third kappa shape index (κ3) is 4.47. The Morgan fingerprint density at radius 3 is 2.52 bits per heavy atom. The van der Waals surface area contributed by atoms with Gasteiger partial charge in [0.15, 0.2) is 0 Å². The number of nitrogens with zero attached hydrogens (tertiary/aromatic N) is 4. The molecule has 6 nitrogen and oxygen atoms in total. The Balaban J connectivity index is 1.53. The van der Waals surface area contributed by atoms with E-state index < -0.39 is 0 Å². The summed E-state index contributed by atoms with van der Waals surface area (Å²) in [5.74, 6) is -0.0342. The number of rotatable bonds is 6. The number of tetrazole rings is 1. The van der Waals surface area contributed by atoms with Crippen molar-refractivity contribution < 1.29 is 4.79 Å². The molecule has 0 spiro atoms. The number of para-hydroxylation sites is 2. The van der Waals surface area contributed by atoms with Gasteiger partial charge in [-0.3, -0.25) is 4.79 Å². The topological polar surface area (TPSA) is 72.7 Å². The number of hydrogen-bond donors (Lipinski definition) is 1. The molecule has 1 heterocycles. The zero-order chi connectivity index (χ0) is 20.1. The maximum Gasteiger partial charge on any atom is 0.234 e. The zero-order valence-corrected chi connectivity index (χ0v) is 16.8. The molecule has 29 heavy (non-hydrogen) atoms. The predicted molar refractivity (Wildman–Crippen MR) is 115 cm³/mol. The highest BCUT2D eigenvalue weighted by Gasteiger charge is 2.15. The van der Waals surface area contributed by atoms with Crippen LogP contribution in [0.4, 0.5) is 5.69 Å². The molecule has 1 amide bonds. The van der Waals surface area contributed by atoms with Crippen molar-refractivity contribution in [2.24, 2.45) is 0 Å². The van der Waals surface area contributed by atoms with Gasteiger partial charge in [0.25, 0.3) is 0 Å². The molecule has 3 aromatic carbocycles. The number of carbonyl (C=O) groups is 1. The Labute approximate surface area is 176 Å². The van der Waals surface area contributed by atoms with E-state index in [1.165, 1.54) is 11.8 Å². The predicted octanol–water partition coefficient (Wildman–Crippen LogP) is 4.71. The summed E-state index contributed by atoms with van der Waals surface area (Å²) in [4.78, 5) is 12.3. The fourth-order valence-electron chi connectivity index (χ4n) is 2.82. The van der Waals surface area contributed by atoms with Crippen molar-refractivity contribution >= 4 is 35.0 Å². The first kappa shape index (κ1) is 19.2. The number of amides is 1. The molecule has 4 rings (SSSR count). The third-order valence-electron chi connectivity index (χ3n) is 4.14. The highest BCUT2D eigenvalue weighted by molar-refractivity contribution is 7.99. The molecule has 8 heteroatoms. The molecule has 0 aliphatic rings. The van der Waals surface area contributed by atoms with Crippen molar-refractivity contribution in [1.29, 1.82) is 0 Å². The summed E-state index contributed by atoms with van der Waals surface area (Å²) in [5, 5.41) is 15.8. The molecule has 0 aliphatic heterocycles. The molecular weight excluding hydrogens is 406 g/mol. The van der Waals surface area contributed by atoms with E-state index in [0.717, 1.165) is 16.8 Å². The summed E-state index contributed by atoms with van der Waals surface area (Å²) >= 11 is 7.35. The van der Waals surface area contributed by atoms with Crippen molar-refractivity contribution in [1.82, 2.24) is 20.2 Å². The minimum Gasteiger partial charge on any atom is -0.324 e. The van der Waals surface area contributed by atoms with Crippen LogP contribution in [0.15, 0.2) is 84.0 Å². The Bertz CT molecular complexity index is 1130. The van der Waals surface area contributed by atoms with Crippen LogP contribution in [0.1, 0.15) is 0 Å². The highest BCUT2D eigenvalue weighted by Crippen LogP contribution is 2.28. The molecule has 0 saturated carbocycles. The van der Waals surface area contributed by atoms with Crippen LogP contribution >= 0.6 is 23.4 Å². The van der Waals surface area contributed by atoms with Gasteiger partial charge in [-0.25, -0.2) is 0 Å². The fraction of sp³-hybridized carbons (Fsp3) is 0.0476. The number of thioether (sulfide) groups is 1. The Hall–Kier alpha value is -3.16. The van der Waals surface area contributed by atoms with E-state index in [1.807, 2.05) is 66.7 Å². The van der Waals surface area contributed by atoms with Crippen molar-refractivity contribution in [2.45, 2.75) is 5.16 Å². The molecule has 0 fully saturated rings. The van der Waals surface area contributed by atoms with Crippen LogP contribution in [-0.4, -0.2) is 31.9 Å². The molecule has 4 aromatic rings. The minimum absolute atomic E-state index is 0.152. The van der Waals surface area contributed by atoms with E-state index in [0.29, 0.717) is 15.9 Å². The largest absolute Gasteiger partial charge is 0.324 e. The lowest BCUT2D eigenvalue weighted by atomic mass is 10.0. The zero-order valence-electron chi connectivity index (χ0n) is 15.2. The smallest absolute Gasteiger partial charge is 0.234 e. The lowest BCUT2D eigenvalue weighted by Gasteiger charge is -2.11. The molecule has 144 valence electrons. The number of nitrogens with one attached hydrogen (secondary N) is 1. The molecule has 0 aliphatic carbocycles. The van der Waals surface area contributed by atoms with Crippen LogP contribution in [0, 0.1) is 0 Å². The second kappa shape index (κ2) is 8.89. The molecule has 0 saturated heterocycles. The maximum absolute atomic E-state index is 12.3. The molecule has 0 bridgehead atoms. The molecule has 0 unspecified atom stereocenters. The molecule has 1 aromatic heterocycles. The minimum atomic E-state index is -0.186. The lowest BCUT2D eigenvalue weighted by molar-refractivity contribution is -0.113. The van der Waals surface area contributed by atoms with Crippen molar-refractivity contribution in [3.8, 4) is 16.8 Å². The fourth-order valence-corrected chi connectivity index (χ4v) is 3.69. The Morgan fingerprint density at radius 2 is 1.69 bits per heavy atom. The van der Waals surface area contributed by atoms with Gasteiger partial charge in [-0.05, 0) is 34.2 Å². The summed E-state index contributed by atoms with van der Waals surface area (Å²) in [5.41, 5.74) is 3.49. The van der Waals surface area contributed by atoms with Crippen LogP contribution in [0.5, 0.6) is 0 Å². The Kier molecular flexibility index (Phi) is 5.88. The summed E-state index contributed by atoms with van der Waals surface area (Å²) in [6, 6.07) is 25.0. The van der Waals surface area contributed by atoms with E-state index in [2.05, 4.69) is 20.8 Å². The van der Waals surface area contributed by atoms with Crippen molar-refractivity contribution in [3.63, 3.8) is 0 Å². The quantitative estimate of drug-likeness (QED) is 0.456. The van der Waals surface area contributed by atoms with Crippen LogP contribution in [0.3, 0.4) is 0 Å². The van der Waals surface area contributed by atoms with E-state index in [9.17, 15) is 4.79 Å². The third-order valence-corrected chi connectivity index (χ3v) is 5.39. The summed E-state index contributed by atoms with van der Waals surface area (Å²) in [7, 11) is 0. The SMILES string of the molecule is O=C(CSc1nnnn1-c1ccccc1-c1ccccc1)Nc1ccccc1Cl. The van der Waals surface area contributed by atoms with E-state index in [1.54, 1.807) is 16.8 Å². The molecule has 1 N–H and O–H groups in total. The molecule has 0 radical (unpaired) electrons. The van der Waals surface area contributed by atoms with E-state index in [-0.39, 0.29) is 11.7 Å². The van der Waals surface area contributed by atoms with Gasteiger partial charge < -0.3 is 5.32 Å².